The van der Waals surface area contributed by atoms with Crippen molar-refractivity contribution in [1.82, 2.24) is 9.97 Å². The number of nitrogens with one attached hydrogen (secondary N) is 1. The molecule has 1 aliphatic rings. The number of ether oxygens (including phenoxy) is 1. The predicted molar refractivity (Wildman–Crippen MR) is 82.4 cm³/mol. The van der Waals surface area contributed by atoms with Gasteiger partial charge in [0.15, 0.2) is 0 Å². The third-order valence-electron chi connectivity index (χ3n) is 3.64. The smallest absolute Gasteiger partial charge is 0.137 e. The first-order valence-corrected chi connectivity index (χ1v) is 7.56. The van der Waals surface area contributed by atoms with E-state index >= 15 is 0 Å². The number of likely N-dealkylation sites (N-methyl/N-ethyl adjacent to an activating group) is 1. The zero-order valence-corrected chi connectivity index (χ0v) is 12.9. The number of hydrogen-bond acceptors (Lipinski definition) is 5. The van der Waals surface area contributed by atoms with Gasteiger partial charge in [0, 0.05) is 32.8 Å². The summed E-state index contributed by atoms with van der Waals surface area (Å²) in [6.45, 7) is 4.72. The fraction of sp³-hybridized carbons (Fsp3) is 0.733. The van der Waals surface area contributed by atoms with Crippen molar-refractivity contribution in [2.75, 3.05) is 44.1 Å². The number of hydrogen-bond donors (Lipinski definition) is 1. The Morgan fingerprint density at radius 1 is 1.40 bits per heavy atom. The van der Waals surface area contributed by atoms with E-state index in [1.54, 1.807) is 6.33 Å². The van der Waals surface area contributed by atoms with E-state index in [2.05, 4.69) is 34.2 Å². The number of aromatic nitrogens is 2. The molecule has 0 saturated heterocycles. The normalized spacial score (nSPS) is 14.3. The van der Waals surface area contributed by atoms with Crippen molar-refractivity contribution in [3.8, 4) is 0 Å². The quantitative estimate of drug-likeness (QED) is 0.703. The van der Waals surface area contributed by atoms with Crippen LogP contribution in [0.2, 0.25) is 0 Å². The lowest BCUT2D eigenvalue weighted by molar-refractivity contribution is 0.130. The summed E-state index contributed by atoms with van der Waals surface area (Å²) in [6, 6.07) is 0. The van der Waals surface area contributed by atoms with Crippen molar-refractivity contribution in [3.63, 3.8) is 0 Å². The van der Waals surface area contributed by atoms with Crippen molar-refractivity contribution >= 4 is 11.6 Å². The molecule has 112 valence electrons. The highest BCUT2D eigenvalue weighted by atomic mass is 16.5. The summed E-state index contributed by atoms with van der Waals surface area (Å²) in [6.07, 6.45) is 6.38. The third kappa shape index (κ3) is 4.07. The van der Waals surface area contributed by atoms with Crippen LogP contribution in [0.25, 0.3) is 0 Å². The second-order valence-electron chi connectivity index (χ2n) is 5.46. The standard InChI is InChI=1S/C15H26N4O/c1-4-5-13-14(16-2)17-11-18-15(13)19(3)8-9-20-10-12-6-7-12/h11-12H,4-10H2,1-3H3,(H,16,17,18). The van der Waals surface area contributed by atoms with Crippen LogP contribution in [0, 0.1) is 5.92 Å². The summed E-state index contributed by atoms with van der Waals surface area (Å²) in [5.41, 5.74) is 1.20. The topological polar surface area (TPSA) is 50.3 Å². The molecule has 1 aliphatic carbocycles. The molecule has 1 aromatic rings. The van der Waals surface area contributed by atoms with Gasteiger partial charge in [-0.2, -0.15) is 0 Å². The Balaban J connectivity index is 1.93. The van der Waals surface area contributed by atoms with Crippen molar-refractivity contribution < 1.29 is 4.74 Å². The molecule has 1 fully saturated rings. The van der Waals surface area contributed by atoms with Crippen molar-refractivity contribution in [2.24, 2.45) is 5.92 Å². The van der Waals surface area contributed by atoms with Crippen LogP contribution in [-0.2, 0) is 11.2 Å². The van der Waals surface area contributed by atoms with Crippen LogP contribution in [0.15, 0.2) is 6.33 Å². The van der Waals surface area contributed by atoms with Gasteiger partial charge in [-0.3, -0.25) is 0 Å². The molecule has 1 aromatic heterocycles. The zero-order valence-electron chi connectivity index (χ0n) is 12.9. The average molecular weight is 278 g/mol. The van der Waals surface area contributed by atoms with E-state index in [0.29, 0.717) is 0 Å². The first-order chi connectivity index (χ1) is 9.76. The maximum atomic E-state index is 5.71. The van der Waals surface area contributed by atoms with Gasteiger partial charge in [0.05, 0.1) is 6.61 Å². The monoisotopic (exact) mass is 278 g/mol. The van der Waals surface area contributed by atoms with Crippen LogP contribution >= 0.6 is 0 Å². The van der Waals surface area contributed by atoms with Crippen LogP contribution in [0.1, 0.15) is 31.7 Å². The Hall–Kier alpha value is -1.36. The maximum absolute atomic E-state index is 5.71. The highest BCUT2D eigenvalue weighted by Gasteiger charge is 2.21. The van der Waals surface area contributed by atoms with Gasteiger partial charge < -0.3 is 15.0 Å². The lowest BCUT2D eigenvalue weighted by Gasteiger charge is -2.22. The van der Waals surface area contributed by atoms with Crippen LogP contribution in [0.5, 0.6) is 0 Å². The molecule has 20 heavy (non-hydrogen) atoms. The summed E-state index contributed by atoms with van der Waals surface area (Å²) in [4.78, 5) is 10.9. The van der Waals surface area contributed by atoms with Gasteiger partial charge in [-0.05, 0) is 25.2 Å². The number of anilines is 2. The molecule has 0 aromatic carbocycles. The van der Waals surface area contributed by atoms with E-state index < -0.39 is 0 Å². The Bertz CT molecular complexity index is 420. The summed E-state index contributed by atoms with van der Waals surface area (Å²) in [5, 5.41) is 3.16. The van der Waals surface area contributed by atoms with Gasteiger partial charge in [0.25, 0.3) is 0 Å². The first-order valence-electron chi connectivity index (χ1n) is 7.56. The molecule has 0 spiro atoms. The minimum atomic E-state index is 0.761. The fourth-order valence-electron chi connectivity index (χ4n) is 2.27. The largest absolute Gasteiger partial charge is 0.379 e. The van der Waals surface area contributed by atoms with Gasteiger partial charge in [0.2, 0.25) is 0 Å². The van der Waals surface area contributed by atoms with E-state index in [4.69, 9.17) is 4.74 Å². The molecule has 0 aliphatic heterocycles. The SMILES string of the molecule is CCCc1c(NC)ncnc1N(C)CCOCC1CC1. The van der Waals surface area contributed by atoms with Gasteiger partial charge in [-0.1, -0.05) is 13.3 Å². The minimum absolute atomic E-state index is 0.761. The molecule has 1 saturated carbocycles. The third-order valence-corrected chi connectivity index (χ3v) is 3.64. The molecule has 1 N–H and O–H groups in total. The highest BCUT2D eigenvalue weighted by molar-refractivity contribution is 5.58. The molecule has 0 radical (unpaired) electrons. The highest BCUT2D eigenvalue weighted by Crippen LogP contribution is 2.28. The van der Waals surface area contributed by atoms with Crippen LogP contribution < -0.4 is 10.2 Å². The first kappa shape index (κ1) is 15.0. The summed E-state index contributed by atoms with van der Waals surface area (Å²) in [7, 11) is 3.98. The van der Waals surface area contributed by atoms with Crippen molar-refractivity contribution in [1.29, 1.82) is 0 Å². The molecule has 0 atom stereocenters. The molecule has 0 bridgehead atoms. The molecular weight excluding hydrogens is 252 g/mol. The second kappa shape index (κ2) is 7.43. The molecule has 5 nitrogen and oxygen atoms in total. The van der Waals surface area contributed by atoms with Gasteiger partial charge in [-0.15, -0.1) is 0 Å². The van der Waals surface area contributed by atoms with E-state index in [0.717, 1.165) is 50.2 Å². The van der Waals surface area contributed by atoms with Crippen molar-refractivity contribution in [3.05, 3.63) is 11.9 Å². The number of nitrogens with zero attached hydrogens (tertiary/aromatic N) is 3. The van der Waals surface area contributed by atoms with Gasteiger partial charge in [-0.25, -0.2) is 9.97 Å². The lowest BCUT2D eigenvalue weighted by Crippen LogP contribution is -2.25. The van der Waals surface area contributed by atoms with E-state index in [1.807, 2.05) is 7.05 Å². The summed E-state index contributed by atoms with van der Waals surface area (Å²) >= 11 is 0. The predicted octanol–water partition coefficient (Wildman–Crippen LogP) is 2.33. The van der Waals surface area contributed by atoms with Crippen LogP contribution in [-0.4, -0.2) is 43.8 Å². The second-order valence-corrected chi connectivity index (χ2v) is 5.46. The Morgan fingerprint density at radius 3 is 2.85 bits per heavy atom. The van der Waals surface area contributed by atoms with Crippen molar-refractivity contribution in [2.45, 2.75) is 32.6 Å². The zero-order chi connectivity index (χ0) is 14.4. The van der Waals surface area contributed by atoms with Crippen LogP contribution in [0.4, 0.5) is 11.6 Å². The summed E-state index contributed by atoms with van der Waals surface area (Å²) < 4.78 is 5.71. The molecule has 0 amide bonds. The van der Waals surface area contributed by atoms with Crippen LogP contribution in [0.3, 0.4) is 0 Å². The van der Waals surface area contributed by atoms with Gasteiger partial charge in [0.1, 0.15) is 18.0 Å². The lowest BCUT2D eigenvalue weighted by atomic mass is 10.1. The van der Waals surface area contributed by atoms with E-state index in [-0.39, 0.29) is 0 Å². The van der Waals surface area contributed by atoms with Gasteiger partial charge >= 0.3 is 0 Å². The number of rotatable bonds is 9. The Labute approximate surface area is 121 Å². The average Bonchev–Trinajstić information content (AvgIpc) is 3.28. The Morgan fingerprint density at radius 2 is 2.20 bits per heavy atom. The fourth-order valence-corrected chi connectivity index (χ4v) is 2.27. The van der Waals surface area contributed by atoms with E-state index in [9.17, 15) is 0 Å². The maximum Gasteiger partial charge on any atom is 0.137 e. The summed E-state index contributed by atoms with van der Waals surface area (Å²) in [5.74, 6) is 2.77. The molecule has 1 heterocycles. The minimum Gasteiger partial charge on any atom is -0.379 e. The molecule has 0 unspecified atom stereocenters. The van der Waals surface area contributed by atoms with E-state index in [1.165, 1.54) is 18.4 Å². The molecule has 5 heteroatoms. The molecule has 2 rings (SSSR count). The Kier molecular flexibility index (Phi) is 5.59. The molecular formula is C15H26N4O.